The molecular formula is C31H46O7. The molecule has 0 N–H and O–H groups in total. The van der Waals surface area contributed by atoms with Crippen LogP contribution in [0.15, 0.2) is 24.3 Å². The van der Waals surface area contributed by atoms with Gasteiger partial charge in [0.25, 0.3) is 0 Å². The lowest BCUT2D eigenvalue weighted by atomic mass is 9.84. The van der Waals surface area contributed by atoms with Crippen molar-refractivity contribution in [2.75, 3.05) is 0 Å². The molecule has 1 unspecified atom stereocenters. The maximum Gasteiger partial charge on any atom is 0.172 e. The third-order valence-corrected chi connectivity index (χ3v) is 10.6. The standard InChI is InChI=1S/C31H46O7/c1-16-13-21(33-20(5)19(16)4)8-10-23-17(2)14-22(34-23)11-12-31-15-30(6)29(38-31)28-27(36-30)26(37-31)25-24(35-28)9-7-18(3)32-25/h16,18,20-29H,2,4,7-15H2,1,3,5-6H3/t16-,18+,20-,21+,22+,23+,24+,25+,26+,27+,28-,29?,30+,31-/m1/s1. The fraction of sp³-hybridized carbons (Fsp3) is 0.871. The highest BCUT2D eigenvalue weighted by molar-refractivity contribution is 5.18. The van der Waals surface area contributed by atoms with Gasteiger partial charge in [-0.1, -0.05) is 20.1 Å². The average Bonchev–Trinajstić information content (AvgIpc) is 3.40. The zero-order valence-electron chi connectivity index (χ0n) is 23.6. The molecule has 7 nitrogen and oxygen atoms in total. The van der Waals surface area contributed by atoms with Crippen molar-refractivity contribution in [2.24, 2.45) is 5.92 Å². The molecule has 6 bridgehead atoms. The quantitative estimate of drug-likeness (QED) is 0.448. The van der Waals surface area contributed by atoms with Crippen LogP contribution < -0.4 is 0 Å². The van der Waals surface area contributed by atoms with E-state index in [0.29, 0.717) is 5.92 Å². The van der Waals surface area contributed by atoms with Crippen molar-refractivity contribution in [1.82, 2.24) is 0 Å². The lowest BCUT2D eigenvalue weighted by Crippen LogP contribution is -2.61. The minimum absolute atomic E-state index is 0.0582. The monoisotopic (exact) mass is 530 g/mol. The lowest BCUT2D eigenvalue weighted by molar-refractivity contribution is -0.293. The molecule has 8 heterocycles. The predicted molar refractivity (Wildman–Crippen MR) is 141 cm³/mol. The van der Waals surface area contributed by atoms with E-state index < -0.39 is 5.79 Å². The summed E-state index contributed by atoms with van der Waals surface area (Å²) in [7, 11) is 0. The largest absolute Gasteiger partial charge is 0.371 e. The van der Waals surface area contributed by atoms with Gasteiger partial charge in [0.2, 0.25) is 0 Å². The van der Waals surface area contributed by atoms with Gasteiger partial charge in [0.05, 0.1) is 36.6 Å². The highest BCUT2D eigenvalue weighted by Gasteiger charge is 2.72. The van der Waals surface area contributed by atoms with Gasteiger partial charge in [-0.05, 0) is 82.8 Å². The van der Waals surface area contributed by atoms with Crippen molar-refractivity contribution in [3.8, 4) is 0 Å². The van der Waals surface area contributed by atoms with E-state index in [0.717, 1.165) is 57.8 Å². The minimum atomic E-state index is -0.677. The molecule has 8 aliphatic heterocycles. The summed E-state index contributed by atoms with van der Waals surface area (Å²) in [6.07, 6.45) is 8.65. The van der Waals surface area contributed by atoms with E-state index >= 15 is 0 Å². The molecule has 38 heavy (non-hydrogen) atoms. The van der Waals surface area contributed by atoms with Gasteiger partial charge in [0, 0.05) is 12.8 Å². The van der Waals surface area contributed by atoms with Crippen molar-refractivity contribution in [3.05, 3.63) is 24.3 Å². The molecule has 0 spiro atoms. The first-order chi connectivity index (χ1) is 18.1. The Balaban J connectivity index is 0.985. The summed E-state index contributed by atoms with van der Waals surface area (Å²) in [6.45, 7) is 17.3. The SMILES string of the molecule is C=C1C[C@H](CC[C@@]23C[C@]4(C)O[C@H]5[C@@H](O2)[C@H]2O[C@@H](C)CC[C@@H]2O[C@H]5C4O3)O[C@H]1CC[C@H]1C[C@@H](C)C(=C)[C@@H](C)O1. The van der Waals surface area contributed by atoms with Gasteiger partial charge in [0.1, 0.15) is 36.1 Å². The molecule has 8 aliphatic rings. The topological polar surface area (TPSA) is 64.6 Å². The molecule has 0 radical (unpaired) electrons. The van der Waals surface area contributed by atoms with Crippen LogP contribution in [0.3, 0.4) is 0 Å². The minimum Gasteiger partial charge on any atom is -0.371 e. The summed E-state index contributed by atoms with van der Waals surface area (Å²) < 4.78 is 46.0. The maximum atomic E-state index is 6.91. The highest BCUT2D eigenvalue weighted by Crippen LogP contribution is 2.58. The van der Waals surface area contributed by atoms with Crippen LogP contribution in [0.4, 0.5) is 0 Å². The molecule has 0 saturated carbocycles. The normalized spacial score (nSPS) is 55.4. The number of fused-ring (bicyclic) bond motifs is 1. The second kappa shape index (κ2) is 9.37. The molecule has 0 aromatic rings. The van der Waals surface area contributed by atoms with Crippen LogP contribution in [0.5, 0.6) is 0 Å². The Bertz CT molecular complexity index is 954. The van der Waals surface area contributed by atoms with Crippen LogP contribution in [0, 0.1) is 5.92 Å². The van der Waals surface area contributed by atoms with Crippen LogP contribution in [0.2, 0.25) is 0 Å². The third-order valence-electron chi connectivity index (χ3n) is 10.6. The molecule has 8 saturated heterocycles. The van der Waals surface area contributed by atoms with Gasteiger partial charge in [0.15, 0.2) is 5.79 Å². The molecule has 8 fully saturated rings. The van der Waals surface area contributed by atoms with E-state index in [1.54, 1.807) is 0 Å². The van der Waals surface area contributed by atoms with Crippen molar-refractivity contribution < 1.29 is 33.2 Å². The summed E-state index contributed by atoms with van der Waals surface area (Å²) >= 11 is 0. The number of hydrogen-bond donors (Lipinski definition) is 0. The summed E-state index contributed by atoms with van der Waals surface area (Å²) in [5, 5.41) is 0. The Morgan fingerprint density at radius 1 is 0.816 bits per heavy atom. The first kappa shape index (κ1) is 26.1. The molecule has 0 aromatic carbocycles. The van der Waals surface area contributed by atoms with E-state index in [2.05, 4.69) is 40.9 Å². The maximum absolute atomic E-state index is 6.91. The van der Waals surface area contributed by atoms with E-state index in [-0.39, 0.29) is 72.7 Å². The van der Waals surface area contributed by atoms with E-state index in [4.69, 9.17) is 33.2 Å². The molecule has 212 valence electrons. The van der Waals surface area contributed by atoms with Gasteiger partial charge in [-0.2, -0.15) is 0 Å². The molecule has 0 amide bonds. The number of ether oxygens (including phenoxy) is 7. The Hall–Kier alpha value is -0.800. The van der Waals surface area contributed by atoms with Gasteiger partial charge in [-0.25, -0.2) is 0 Å². The van der Waals surface area contributed by atoms with Gasteiger partial charge >= 0.3 is 0 Å². The molecule has 14 atom stereocenters. The zero-order valence-corrected chi connectivity index (χ0v) is 23.6. The Morgan fingerprint density at radius 3 is 2.45 bits per heavy atom. The predicted octanol–water partition coefficient (Wildman–Crippen LogP) is 5.01. The van der Waals surface area contributed by atoms with Crippen LogP contribution in [0.1, 0.15) is 85.5 Å². The van der Waals surface area contributed by atoms with Crippen molar-refractivity contribution in [3.63, 3.8) is 0 Å². The molecule has 7 heteroatoms. The number of rotatable bonds is 6. The summed E-state index contributed by atoms with van der Waals surface area (Å²) in [5.41, 5.74) is 2.03. The van der Waals surface area contributed by atoms with Gasteiger partial charge in [-0.15, -0.1) is 0 Å². The highest BCUT2D eigenvalue weighted by atomic mass is 16.8. The van der Waals surface area contributed by atoms with Crippen molar-refractivity contribution >= 4 is 0 Å². The molecule has 0 aliphatic carbocycles. The Kier molecular flexibility index (Phi) is 6.44. The van der Waals surface area contributed by atoms with Crippen molar-refractivity contribution in [1.29, 1.82) is 0 Å². The van der Waals surface area contributed by atoms with Gasteiger partial charge in [-0.3, -0.25) is 0 Å². The van der Waals surface area contributed by atoms with Crippen LogP contribution in [-0.4, -0.2) is 78.5 Å². The summed E-state index contributed by atoms with van der Waals surface area (Å²) in [6, 6.07) is 0. The number of hydrogen-bond acceptors (Lipinski definition) is 7. The van der Waals surface area contributed by atoms with Crippen LogP contribution in [-0.2, 0) is 33.2 Å². The Labute approximate surface area is 227 Å². The van der Waals surface area contributed by atoms with E-state index in [1.165, 1.54) is 11.1 Å². The smallest absolute Gasteiger partial charge is 0.172 e. The first-order valence-corrected chi connectivity index (χ1v) is 15.1. The van der Waals surface area contributed by atoms with Crippen LogP contribution >= 0.6 is 0 Å². The fourth-order valence-corrected chi connectivity index (χ4v) is 8.50. The molecule has 0 aromatic heterocycles. The van der Waals surface area contributed by atoms with Gasteiger partial charge < -0.3 is 33.2 Å². The van der Waals surface area contributed by atoms with E-state index in [9.17, 15) is 0 Å². The third kappa shape index (κ3) is 4.27. The molecule has 8 rings (SSSR count). The Morgan fingerprint density at radius 2 is 1.63 bits per heavy atom. The second-order valence-corrected chi connectivity index (χ2v) is 13.6. The van der Waals surface area contributed by atoms with E-state index in [1.807, 2.05) is 0 Å². The fourth-order valence-electron chi connectivity index (χ4n) is 8.50. The second-order valence-electron chi connectivity index (χ2n) is 13.6. The molecular weight excluding hydrogens is 484 g/mol. The zero-order chi connectivity index (χ0) is 26.4. The lowest BCUT2D eigenvalue weighted by Gasteiger charge is -2.47. The van der Waals surface area contributed by atoms with Crippen molar-refractivity contribution in [2.45, 2.75) is 164 Å². The summed E-state index contributed by atoms with van der Waals surface area (Å²) in [4.78, 5) is 0. The summed E-state index contributed by atoms with van der Waals surface area (Å²) in [5.74, 6) is -0.166. The van der Waals surface area contributed by atoms with Crippen LogP contribution in [0.25, 0.3) is 0 Å². The average molecular weight is 531 g/mol. The first-order valence-electron chi connectivity index (χ1n) is 15.1.